The summed E-state index contributed by atoms with van der Waals surface area (Å²) >= 11 is 12.2. The van der Waals surface area contributed by atoms with Gasteiger partial charge in [0.05, 0.1) is 39.0 Å². The Morgan fingerprint density at radius 3 is 2.55 bits per heavy atom. The molecule has 5 rings (SSSR count). The monoisotopic (exact) mass is 477 g/mol. The molecule has 0 amide bonds. The highest BCUT2D eigenvalue weighted by molar-refractivity contribution is 6.42. The van der Waals surface area contributed by atoms with Crippen molar-refractivity contribution in [2.45, 2.75) is 26.4 Å². The summed E-state index contributed by atoms with van der Waals surface area (Å²) in [5.41, 5.74) is 5.93. The highest BCUT2D eigenvalue weighted by Gasteiger charge is 2.17. The predicted octanol–water partition coefficient (Wildman–Crippen LogP) is 6.38. The number of nitrogens with zero attached hydrogens (tertiary/aromatic N) is 5. The summed E-state index contributed by atoms with van der Waals surface area (Å²) in [5, 5.41) is 9.10. The molecule has 0 radical (unpaired) electrons. The molecule has 0 atom stereocenters. The van der Waals surface area contributed by atoms with Crippen LogP contribution in [0.25, 0.3) is 33.7 Å². The van der Waals surface area contributed by atoms with Crippen molar-refractivity contribution in [2.75, 3.05) is 5.32 Å². The molecule has 5 aromatic rings. The summed E-state index contributed by atoms with van der Waals surface area (Å²) in [5.74, 6) is 0.768. The Labute approximate surface area is 200 Å². The van der Waals surface area contributed by atoms with Gasteiger partial charge in [0, 0.05) is 35.9 Å². The van der Waals surface area contributed by atoms with Gasteiger partial charge in [-0.25, -0.2) is 4.98 Å². The molecule has 0 aliphatic rings. The van der Waals surface area contributed by atoms with Crippen LogP contribution in [0.4, 0.5) is 5.69 Å². The van der Waals surface area contributed by atoms with Crippen molar-refractivity contribution in [3.05, 3.63) is 76.9 Å². The summed E-state index contributed by atoms with van der Waals surface area (Å²) in [7, 11) is 0. The van der Waals surface area contributed by atoms with E-state index in [1.807, 2.05) is 41.2 Å². The second-order valence-electron chi connectivity index (χ2n) is 7.92. The lowest BCUT2D eigenvalue weighted by Crippen LogP contribution is -2.01. The van der Waals surface area contributed by atoms with Crippen LogP contribution in [0.2, 0.25) is 10.0 Å². The maximum Gasteiger partial charge on any atom is 0.126 e. The van der Waals surface area contributed by atoms with Gasteiger partial charge in [-0.1, -0.05) is 29.3 Å². The molecule has 33 heavy (non-hydrogen) atoms. The molecule has 0 saturated carbocycles. The van der Waals surface area contributed by atoms with Crippen molar-refractivity contribution in [3.63, 3.8) is 0 Å². The van der Waals surface area contributed by atoms with E-state index < -0.39 is 0 Å². The second-order valence-corrected chi connectivity index (χ2v) is 8.74. The normalized spacial score (nSPS) is 11.4. The van der Waals surface area contributed by atoms with Crippen molar-refractivity contribution in [1.82, 2.24) is 29.7 Å². The number of aromatic nitrogens is 6. The molecule has 0 bridgehead atoms. The van der Waals surface area contributed by atoms with E-state index in [9.17, 15) is 0 Å². The maximum absolute atomic E-state index is 6.14. The fourth-order valence-electron chi connectivity index (χ4n) is 3.56. The van der Waals surface area contributed by atoms with Crippen LogP contribution in [0.5, 0.6) is 0 Å². The molecule has 0 saturated heterocycles. The van der Waals surface area contributed by atoms with Crippen LogP contribution < -0.4 is 5.32 Å². The summed E-state index contributed by atoms with van der Waals surface area (Å²) < 4.78 is 1.93. The van der Waals surface area contributed by atoms with Crippen LogP contribution >= 0.6 is 23.2 Å². The minimum absolute atomic E-state index is 0.261. The standard InChI is InChI=1S/C24H21Cl2N7/c1-14(2)33-10-7-20(32-33)24-23(15-3-6-19-21(11-15)28-9-8-27-19)30-22(31-24)13-29-16-4-5-17(25)18(26)12-16/h3-12,14,29H,13H2,1-2H3,(H,30,31). The topological polar surface area (TPSA) is 84.3 Å². The molecule has 0 aliphatic carbocycles. The number of H-pyrrole nitrogens is 1. The number of aromatic amines is 1. The van der Waals surface area contributed by atoms with E-state index in [2.05, 4.69) is 34.1 Å². The van der Waals surface area contributed by atoms with E-state index in [0.29, 0.717) is 16.6 Å². The third-order valence-corrected chi connectivity index (χ3v) is 6.01. The lowest BCUT2D eigenvalue weighted by molar-refractivity contribution is 0.534. The minimum Gasteiger partial charge on any atom is -0.378 e. The first-order chi connectivity index (χ1) is 16.0. The van der Waals surface area contributed by atoms with Gasteiger partial charge in [-0.05, 0) is 50.2 Å². The third-order valence-electron chi connectivity index (χ3n) is 5.27. The molecule has 3 heterocycles. The average Bonchev–Trinajstić information content (AvgIpc) is 3.47. The molecule has 3 aromatic heterocycles. The number of fused-ring (bicyclic) bond motifs is 1. The van der Waals surface area contributed by atoms with Gasteiger partial charge in [0.15, 0.2) is 0 Å². The first-order valence-electron chi connectivity index (χ1n) is 10.5. The predicted molar refractivity (Wildman–Crippen MR) is 133 cm³/mol. The molecule has 0 aliphatic heterocycles. The fourth-order valence-corrected chi connectivity index (χ4v) is 3.86. The molecular formula is C24H21Cl2N7. The zero-order valence-corrected chi connectivity index (χ0v) is 19.6. The Balaban J connectivity index is 1.53. The first kappa shape index (κ1) is 21.4. The van der Waals surface area contributed by atoms with Crippen molar-refractivity contribution >= 4 is 39.9 Å². The Bertz CT molecular complexity index is 1440. The SMILES string of the molecule is CC(C)n1ccc(-c2[nH]c(CNc3ccc(Cl)c(Cl)c3)nc2-c2ccc3nccnc3c2)n1. The quantitative estimate of drug-likeness (QED) is 0.296. The average molecular weight is 478 g/mol. The van der Waals surface area contributed by atoms with Gasteiger partial charge in [0.1, 0.15) is 11.5 Å². The fraction of sp³-hybridized carbons (Fsp3) is 0.167. The second kappa shape index (κ2) is 8.84. The van der Waals surface area contributed by atoms with Gasteiger partial charge in [-0.3, -0.25) is 14.6 Å². The van der Waals surface area contributed by atoms with Crippen LogP contribution in [0.15, 0.2) is 61.1 Å². The minimum atomic E-state index is 0.261. The molecule has 0 fully saturated rings. The Morgan fingerprint density at radius 2 is 1.79 bits per heavy atom. The van der Waals surface area contributed by atoms with E-state index in [-0.39, 0.29) is 6.04 Å². The zero-order chi connectivity index (χ0) is 22.9. The van der Waals surface area contributed by atoms with Gasteiger partial charge in [0.25, 0.3) is 0 Å². The molecular weight excluding hydrogens is 457 g/mol. The number of imidazole rings is 1. The summed E-state index contributed by atoms with van der Waals surface area (Å²) in [6.07, 6.45) is 5.35. The molecule has 2 aromatic carbocycles. The van der Waals surface area contributed by atoms with Crippen molar-refractivity contribution < 1.29 is 0 Å². The number of benzene rings is 2. The van der Waals surface area contributed by atoms with E-state index in [1.165, 1.54) is 0 Å². The van der Waals surface area contributed by atoms with Crippen LogP contribution in [0, 0.1) is 0 Å². The molecule has 0 spiro atoms. The zero-order valence-electron chi connectivity index (χ0n) is 18.0. The highest BCUT2D eigenvalue weighted by atomic mass is 35.5. The molecule has 2 N–H and O–H groups in total. The highest BCUT2D eigenvalue weighted by Crippen LogP contribution is 2.31. The van der Waals surface area contributed by atoms with Gasteiger partial charge in [-0.2, -0.15) is 5.10 Å². The Hall–Kier alpha value is -3.42. The van der Waals surface area contributed by atoms with Crippen LogP contribution in [0.1, 0.15) is 25.7 Å². The first-order valence-corrected chi connectivity index (χ1v) is 11.3. The van der Waals surface area contributed by atoms with Crippen LogP contribution in [-0.4, -0.2) is 29.7 Å². The van der Waals surface area contributed by atoms with Crippen molar-refractivity contribution in [3.8, 4) is 22.6 Å². The number of rotatable bonds is 6. The lowest BCUT2D eigenvalue weighted by Gasteiger charge is -2.05. The molecule has 0 unspecified atom stereocenters. The molecule has 166 valence electrons. The van der Waals surface area contributed by atoms with Gasteiger partial charge < -0.3 is 10.3 Å². The van der Waals surface area contributed by atoms with Crippen molar-refractivity contribution in [1.29, 1.82) is 0 Å². The Morgan fingerprint density at radius 1 is 0.970 bits per heavy atom. The third kappa shape index (κ3) is 4.42. The number of nitrogens with one attached hydrogen (secondary N) is 2. The van der Waals surface area contributed by atoms with E-state index in [0.717, 1.165) is 45.2 Å². The lowest BCUT2D eigenvalue weighted by atomic mass is 10.1. The number of hydrogen-bond acceptors (Lipinski definition) is 5. The van der Waals surface area contributed by atoms with Crippen LogP contribution in [-0.2, 0) is 6.54 Å². The van der Waals surface area contributed by atoms with Crippen molar-refractivity contribution in [2.24, 2.45) is 0 Å². The smallest absolute Gasteiger partial charge is 0.126 e. The maximum atomic E-state index is 6.14. The number of anilines is 1. The summed E-state index contributed by atoms with van der Waals surface area (Å²) in [6.45, 7) is 4.67. The van der Waals surface area contributed by atoms with Gasteiger partial charge in [0.2, 0.25) is 0 Å². The summed E-state index contributed by atoms with van der Waals surface area (Å²) in [4.78, 5) is 17.2. The van der Waals surface area contributed by atoms with Gasteiger partial charge in [-0.15, -0.1) is 0 Å². The van der Waals surface area contributed by atoms with Gasteiger partial charge >= 0.3 is 0 Å². The molecule has 9 heteroatoms. The summed E-state index contributed by atoms with van der Waals surface area (Å²) in [6, 6.07) is 13.7. The largest absolute Gasteiger partial charge is 0.378 e. The van der Waals surface area contributed by atoms with E-state index >= 15 is 0 Å². The molecule has 7 nitrogen and oxygen atoms in total. The van der Waals surface area contributed by atoms with Crippen LogP contribution in [0.3, 0.4) is 0 Å². The van der Waals surface area contributed by atoms with E-state index in [1.54, 1.807) is 24.5 Å². The van der Waals surface area contributed by atoms with E-state index in [4.69, 9.17) is 33.3 Å². The number of hydrogen-bond donors (Lipinski definition) is 2. The Kier molecular flexibility index (Phi) is 5.74. The number of halogens is 2.